The second kappa shape index (κ2) is 19.9. The zero-order chi connectivity index (χ0) is 18.3. The molecule has 0 bridgehead atoms. The Labute approximate surface area is 175 Å². The maximum Gasteiger partial charge on any atom is 0.167 e. The van der Waals surface area contributed by atoms with Gasteiger partial charge in [-0.25, -0.2) is 0 Å². The average molecular weight is 415 g/mol. The fourth-order valence-corrected chi connectivity index (χ4v) is 3.10. The number of ketones is 1. The Kier molecular flexibility index (Phi) is 23.7. The van der Waals surface area contributed by atoms with Gasteiger partial charge in [-0.1, -0.05) is 84.0 Å². The Hall–Kier alpha value is 0.170. The number of hydrogen-bond donors (Lipinski definition) is 1. The molecule has 5 heteroatoms. The molecule has 1 N–H and O–H groups in total. The summed E-state index contributed by atoms with van der Waals surface area (Å²) in [6.07, 6.45) is 16.8. The number of Topliss-reactive ketones (excluding diaryl/α,β-unsaturated/α-hetero) is 1. The minimum absolute atomic E-state index is 0. The fourth-order valence-electron chi connectivity index (χ4n) is 3.10. The number of unbranched alkanes of at least 4 members (excludes halogenated alkanes) is 12. The van der Waals surface area contributed by atoms with E-state index < -0.39 is 6.10 Å². The van der Waals surface area contributed by atoms with Crippen LogP contribution in [0.4, 0.5) is 0 Å². The lowest BCUT2D eigenvalue weighted by Gasteiger charge is -2.26. The number of quaternary nitrogens is 1. The summed E-state index contributed by atoms with van der Waals surface area (Å²) < 4.78 is 0.630. The lowest BCUT2D eigenvalue weighted by atomic mass is 10.0. The Morgan fingerprint density at radius 3 is 1.46 bits per heavy atom. The number of carbonyl (C=O) groups is 1. The van der Waals surface area contributed by atoms with Gasteiger partial charge in [-0.15, -0.1) is 12.4 Å². The highest BCUT2D eigenvalue weighted by atomic mass is 35.5. The highest BCUT2D eigenvalue weighted by Crippen LogP contribution is 2.13. The first-order chi connectivity index (χ1) is 11.4. The molecule has 0 saturated carbocycles. The SMILES string of the molecule is CCCCCCCCCCCCCCCC(=O)C(O)C[N+](C)(C)C.Cl.[Cl-]. The highest BCUT2D eigenvalue weighted by molar-refractivity contribution is 5.85. The van der Waals surface area contributed by atoms with Gasteiger partial charge in [0.15, 0.2) is 11.9 Å². The van der Waals surface area contributed by atoms with Gasteiger partial charge in [0, 0.05) is 6.42 Å². The van der Waals surface area contributed by atoms with E-state index in [1.165, 1.54) is 70.6 Å². The molecule has 0 spiro atoms. The molecule has 3 nitrogen and oxygen atoms in total. The van der Waals surface area contributed by atoms with E-state index in [9.17, 15) is 9.90 Å². The smallest absolute Gasteiger partial charge is 0.167 e. The van der Waals surface area contributed by atoms with Gasteiger partial charge in [0.1, 0.15) is 6.54 Å². The fraction of sp³-hybridized carbons (Fsp3) is 0.952. The quantitative estimate of drug-likeness (QED) is 0.293. The third-order valence-corrected chi connectivity index (χ3v) is 4.62. The summed E-state index contributed by atoms with van der Waals surface area (Å²) in [6.45, 7) is 2.78. The highest BCUT2D eigenvalue weighted by Gasteiger charge is 2.21. The number of carbonyl (C=O) groups excluding carboxylic acids is 1. The summed E-state index contributed by atoms with van der Waals surface area (Å²) in [7, 11) is 6.01. The largest absolute Gasteiger partial charge is 1.00 e. The van der Waals surface area contributed by atoms with Gasteiger partial charge >= 0.3 is 0 Å². The summed E-state index contributed by atoms with van der Waals surface area (Å²) in [4.78, 5) is 11.9. The Balaban J connectivity index is -0.00000264. The number of aliphatic hydroxyl groups excluding tert-OH is 1. The summed E-state index contributed by atoms with van der Waals surface area (Å²) in [5.74, 6) is 0.0196. The first-order valence-electron chi connectivity index (χ1n) is 10.4. The Morgan fingerprint density at radius 2 is 1.12 bits per heavy atom. The molecule has 1 unspecified atom stereocenters. The molecule has 160 valence electrons. The maximum atomic E-state index is 11.9. The number of hydrogen-bond acceptors (Lipinski definition) is 2. The molecule has 0 aliphatic heterocycles. The summed E-state index contributed by atoms with van der Waals surface area (Å²) in [5, 5.41) is 9.88. The Bertz CT molecular complexity index is 307. The van der Waals surface area contributed by atoms with E-state index in [4.69, 9.17) is 0 Å². The van der Waals surface area contributed by atoms with Crippen molar-refractivity contribution >= 4 is 18.2 Å². The van der Waals surface area contributed by atoms with Gasteiger partial charge in [-0.05, 0) is 6.42 Å². The molecule has 0 radical (unpaired) electrons. The van der Waals surface area contributed by atoms with Crippen molar-refractivity contribution in [2.75, 3.05) is 27.7 Å². The maximum absolute atomic E-state index is 11.9. The lowest BCUT2D eigenvalue weighted by Crippen LogP contribution is -3.00. The topological polar surface area (TPSA) is 37.3 Å². The van der Waals surface area contributed by atoms with Gasteiger partial charge < -0.3 is 22.0 Å². The van der Waals surface area contributed by atoms with Crippen LogP contribution in [0.25, 0.3) is 0 Å². The van der Waals surface area contributed by atoms with Gasteiger partial charge in [0.2, 0.25) is 0 Å². The van der Waals surface area contributed by atoms with Crippen LogP contribution >= 0.6 is 12.4 Å². The molecule has 0 fully saturated rings. The predicted octanol–water partition coefficient (Wildman–Crippen LogP) is 2.53. The molecule has 1 atom stereocenters. The van der Waals surface area contributed by atoms with Gasteiger partial charge in [0.05, 0.1) is 21.1 Å². The molecular weight excluding hydrogens is 369 g/mol. The summed E-state index contributed by atoms with van der Waals surface area (Å²) in [6, 6.07) is 0. The minimum Gasteiger partial charge on any atom is -1.00 e. The normalized spacial score (nSPS) is 12.2. The van der Waals surface area contributed by atoms with Crippen molar-refractivity contribution < 1.29 is 26.8 Å². The van der Waals surface area contributed by atoms with Crippen LogP contribution in [0, 0.1) is 0 Å². The van der Waals surface area contributed by atoms with E-state index in [1.54, 1.807) is 0 Å². The van der Waals surface area contributed by atoms with E-state index in [1.807, 2.05) is 21.1 Å². The minimum atomic E-state index is -0.790. The Morgan fingerprint density at radius 1 is 0.769 bits per heavy atom. The predicted molar refractivity (Wildman–Crippen MR) is 111 cm³/mol. The van der Waals surface area contributed by atoms with Crippen LogP contribution in [0.2, 0.25) is 0 Å². The first-order valence-corrected chi connectivity index (χ1v) is 10.4. The average Bonchev–Trinajstić information content (AvgIpc) is 2.50. The summed E-state index contributed by atoms with van der Waals surface area (Å²) in [5.41, 5.74) is 0. The van der Waals surface area contributed by atoms with E-state index in [-0.39, 0.29) is 30.6 Å². The second-order valence-electron chi connectivity index (χ2n) is 8.45. The van der Waals surface area contributed by atoms with Crippen molar-refractivity contribution in [1.82, 2.24) is 0 Å². The van der Waals surface area contributed by atoms with Crippen LogP contribution in [0.15, 0.2) is 0 Å². The molecular formula is C21H45Cl2NO2. The van der Waals surface area contributed by atoms with Crippen LogP contribution in [0.3, 0.4) is 0 Å². The molecule has 0 aliphatic rings. The molecule has 0 heterocycles. The molecule has 0 aromatic carbocycles. The molecule has 0 aliphatic carbocycles. The van der Waals surface area contributed by atoms with Gasteiger partial charge in [-0.2, -0.15) is 0 Å². The van der Waals surface area contributed by atoms with E-state index in [0.717, 1.165) is 12.8 Å². The van der Waals surface area contributed by atoms with Crippen LogP contribution in [-0.2, 0) is 4.79 Å². The van der Waals surface area contributed by atoms with Crippen LogP contribution in [0.5, 0.6) is 0 Å². The molecule has 0 amide bonds. The van der Waals surface area contributed by atoms with Crippen molar-refractivity contribution in [3.8, 4) is 0 Å². The molecule has 0 rings (SSSR count). The van der Waals surface area contributed by atoms with Crippen molar-refractivity contribution in [2.24, 2.45) is 0 Å². The van der Waals surface area contributed by atoms with Gasteiger partial charge in [0.25, 0.3) is 0 Å². The van der Waals surface area contributed by atoms with Crippen molar-refractivity contribution in [1.29, 1.82) is 0 Å². The number of aliphatic hydroxyl groups is 1. The first kappa shape index (κ1) is 30.9. The third-order valence-electron chi connectivity index (χ3n) is 4.62. The van der Waals surface area contributed by atoms with Crippen molar-refractivity contribution in [3.63, 3.8) is 0 Å². The molecule has 26 heavy (non-hydrogen) atoms. The van der Waals surface area contributed by atoms with E-state index >= 15 is 0 Å². The standard InChI is InChI=1S/C21H44NO2.2ClH/c1-5-6-7-8-9-10-11-12-13-14-15-16-17-18-20(23)21(24)19-22(2,3)4;;/h21,24H,5-19H2,1-4H3;2*1H/q+1;;/p-1. The van der Waals surface area contributed by atoms with Crippen LogP contribution < -0.4 is 12.4 Å². The lowest BCUT2D eigenvalue weighted by molar-refractivity contribution is -0.872. The zero-order valence-electron chi connectivity index (χ0n) is 17.8. The van der Waals surface area contributed by atoms with E-state index in [2.05, 4.69) is 6.92 Å². The van der Waals surface area contributed by atoms with Gasteiger partial charge in [-0.3, -0.25) is 4.79 Å². The van der Waals surface area contributed by atoms with Crippen molar-refractivity contribution in [2.45, 2.75) is 103 Å². The number of rotatable bonds is 17. The molecule has 0 aromatic heterocycles. The van der Waals surface area contributed by atoms with Crippen molar-refractivity contribution in [3.05, 3.63) is 0 Å². The van der Waals surface area contributed by atoms with Crippen LogP contribution in [-0.4, -0.2) is 49.2 Å². The summed E-state index contributed by atoms with van der Waals surface area (Å²) >= 11 is 0. The molecule has 0 saturated heterocycles. The van der Waals surface area contributed by atoms with E-state index in [0.29, 0.717) is 17.4 Å². The number of likely N-dealkylation sites (N-methyl/N-ethyl adjacent to an activating group) is 1. The number of halogens is 2. The zero-order valence-corrected chi connectivity index (χ0v) is 19.3. The molecule has 0 aromatic rings. The van der Waals surface area contributed by atoms with Crippen LogP contribution in [0.1, 0.15) is 96.8 Å². The second-order valence-corrected chi connectivity index (χ2v) is 8.45. The monoisotopic (exact) mass is 413 g/mol. The third kappa shape index (κ3) is 22.2. The number of nitrogens with zero attached hydrogens (tertiary/aromatic N) is 1.